The Morgan fingerprint density at radius 2 is 1.88 bits per heavy atom. The number of carbonyl (C=O) groups is 2. The molecular formula is C17H28ClN5O2. The van der Waals surface area contributed by atoms with E-state index in [1.54, 1.807) is 17.9 Å². The van der Waals surface area contributed by atoms with Gasteiger partial charge in [0.05, 0.1) is 12.1 Å². The molecule has 2 atom stereocenters. The van der Waals surface area contributed by atoms with E-state index in [9.17, 15) is 9.59 Å². The topological polar surface area (TPSA) is 70.5 Å². The summed E-state index contributed by atoms with van der Waals surface area (Å²) in [7, 11) is 3.62. The van der Waals surface area contributed by atoms with Gasteiger partial charge in [0.1, 0.15) is 6.04 Å². The molecule has 2 amide bonds. The van der Waals surface area contributed by atoms with Crippen LogP contribution in [0.2, 0.25) is 0 Å². The molecule has 3 heterocycles. The largest absolute Gasteiger partial charge is 0.342 e. The standard InChI is InChI=1S/C17H27N5O2.ClH/c1-18-15(14-10-19-20(2)11-14)17(24)22-9-5-6-13(12-22)16(23)21-7-3-4-8-21;/h10-11,13,15,18H,3-9,12H2,1-2H3;1H. The summed E-state index contributed by atoms with van der Waals surface area (Å²) in [6, 6.07) is -0.403. The number of piperidine rings is 1. The van der Waals surface area contributed by atoms with Crippen molar-refractivity contribution in [2.24, 2.45) is 13.0 Å². The fraction of sp³-hybridized carbons (Fsp3) is 0.706. The number of nitrogens with one attached hydrogen (secondary N) is 1. The number of aryl methyl sites for hydroxylation is 1. The van der Waals surface area contributed by atoms with Crippen LogP contribution in [0.5, 0.6) is 0 Å². The van der Waals surface area contributed by atoms with E-state index >= 15 is 0 Å². The second kappa shape index (κ2) is 8.67. The van der Waals surface area contributed by atoms with Crippen LogP contribution in [0.4, 0.5) is 0 Å². The second-order valence-corrected chi connectivity index (χ2v) is 6.82. The van der Waals surface area contributed by atoms with Gasteiger partial charge in [-0.2, -0.15) is 5.10 Å². The first-order chi connectivity index (χ1) is 11.6. The molecule has 2 aliphatic heterocycles. The van der Waals surface area contributed by atoms with Gasteiger partial charge in [0.25, 0.3) is 0 Å². The van der Waals surface area contributed by atoms with Crippen molar-refractivity contribution in [2.75, 3.05) is 33.2 Å². The Morgan fingerprint density at radius 1 is 1.20 bits per heavy atom. The Kier molecular flexibility index (Phi) is 6.84. The lowest BCUT2D eigenvalue weighted by atomic mass is 9.95. The quantitative estimate of drug-likeness (QED) is 0.858. The van der Waals surface area contributed by atoms with Gasteiger partial charge in [0.15, 0.2) is 0 Å². The van der Waals surface area contributed by atoms with E-state index in [-0.39, 0.29) is 30.1 Å². The number of nitrogens with zero attached hydrogens (tertiary/aromatic N) is 4. The summed E-state index contributed by atoms with van der Waals surface area (Å²) in [6.45, 7) is 3.00. The van der Waals surface area contributed by atoms with Gasteiger partial charge < -0.3 is 15.1 Å². The summed E-state index contributed by atoms with van der Waals surface area (Å²) < 4.78 is 1.70. The van der Waals surface area contributed by atoms with E-state index in [0.29, 0.717) is 6.54 Å². The van der Waals surface area contributed by atoms with E-state index in [1.165, 1.54) is 0 Å². The first-order valence-electron chi connectivity index (χ1n) is 8.83. The van der Waals surface area contributed by atoms with Crippen LogP contribution in [-0.4, -0.2) is 64.6 Å². The van der Waals surface area contributed by atoms with Crippen LogP contribution < -0.4 is 5.32 Å². The minimum Gasteiger partial charge on any atom is -0.342 e. The molecule has 2 saturated heterocycles. The number of hydrogen-bond acceptors (Lipinski definition) is 4. The first kappa shape index (κ1) is 19.7. The molecule has 3 rings (SSSR count). The Labute approximate surface area is 155 Å². The van der Waals surface area contributed by atoms with Crippen LogP contribution >= 0.6 is 12.4 Å². The summed E-state index contributed by atoms with van der Waals surface area (Å²) in [5, 5.41) is 7.24. The maximum Gasteiger partial charge on any atom is 0.244 e. The van der Waals surface area contributed by atoms with Crippen molar-refractivity contribution in [3.63, 3.8) is 0 Å². The fourth-order valence-corrected chi connectivity index (χ4v) is 3.78. The molecule has 0 aromatic carbocycles. The maximum atomic E-state index is 12.9. The Balaban J connectivity index is 0.00000225. The van der Waals surface area contributed by atoms with Crippen LogP contribution in [0.15, 0.2) is 12.4 Å². The number of aromatic nitrogens is 2. The zero-order valence-electron chi connectivity index (χ0n) is 15.0. The van der Waals surface area contributed by atoms with Gasteiger partial charge in [0, 0.05) is 45.0 Å². The number of hydrogen-bond donors (Lipinski definition) is 1. The highest BCUT2D eigenvalue weighted by Gasteiger charge is 2.34. The fourth-order valence-electron chi connectivity index (χ4n) is 3.78. The first-order valence-corrected chi connectivity index (χ1v) is 8.83. The van der Waals surface area contributed by atoms with Crippen LogP contribution in [0.3, 0.4) is 0 Å². The average molecular weight is 370 g/mol. The second-order valence-electron chi connectivity index (χ2n) is 6.82. The third-order valence-corrected chi connectivity index (χ3v) is 5.09. The van der Waals surface area contributed by atoms with Gasteiger partial charge >= 0.3 is 0 Å². The number of halogens is 1. The molecule has 1 aromatic rings. The smallest absolute Gasteiger partial charge is 0.244 e. The lowest BCUT2D eigenvalue weighted by Crippen LogP contribution is -2.48. The molecular weight excluding hydrogens is 342 g/mol. The number of amides is 2. The van der Waals surface area contributed by atoms with Crippen molar-refractivity contribution in [1.82, 2.24) is 24.9 Å². The molecule has 0 aliphatic carbocycles. The van der Waals surface area contributed by atoms with E-state index in [2.05, 4.69) is 10.4 Å². The third kappa shape index (κ3) is 4.33. The maximum absolute atomic E-state index is 12.9. The summed E-state index contributed by atoms with van der Waals surface area (Å²) >= 11 is 0. The molecule has 0 radical (unpaired) electrons. The summed E-state index contributed by atoms with van der Waals surface area (Å²) in [4.78, 5) is 29.4. The molecule has 1 aromatic heterocycles. The predicted molar refractivity (Wildman–Crippen MR) is 97.4 cm³/mol. The molecule has 2 fully saturated rings. The zero-order chi connectivity index (χ0) is 17.1. The number of carbonyl (C=O) groups excluding carboxylic acids is 2. The highest BCUT2D eigenvalue weighted by atomic mass is 35.5. The van der Waals surface area contributed by atoms with Gasteiger partial charge in [-0.25, -0.2) is 0 Å². The van der Waals surface area contributed by atoms with Crippen LogP contribution in [-0.2, 0) is 16.6 Å². The van der Waals surface area contributed by atoms with Gasteiger partial charge in [-0.15, -0.1) is 12.4 Å². The predicted octanol–water partition coefficient (Wildman–Crippen LogP) is 0.963. The average Bonchev–Trinajstić information content (AvgIpc) is 3.27. The number of likely N-dealkylation sites (N-methyl/N-ethyl adjacent to an activating group) is 1. The molecule has 7 nitrogen and oxygen atoms in total. The van der Waals surface area contributed by atoms with Crippen molar-refractivity contribution in [1.29, 1.82) is 0 Å². The summed E-state index contributed by atoms with van der Waals surface area (Å²) in [6.07, 6.45) is 7.55. The van der Waals surface area contributed by atoms with Crippen molar-refractivity contribution in [3.8, 4) is 0 Å². The van der Waals surface area contributed by atoms with Crippen LogP contribution in [0.1, 0.15) is 37.3 Å². The normalized spacial score (nSPS) is 21.8. The molecule has 0 bridgehead atoms. The minimum absolute atomic E-state index is 0. The van der Waals surface area contributed by atoms with E-state index in [4.69, 9.17) is 0 Å². The van der Waals surface area contributed by atoms with E-state index in [0.717, 1.165) is 50.9 Å². The Hall–Kier alpha value is -1.60. The highest BCUT2D eigenvalue weighted by Crippen LogP contribution is 2.24. The molecule has 140 valence electrons. The number of rotatable bonds is 4. The molecule has 8 heteroatoms. The minimum atomic E-state index is -0.403. The molecule has 1 N–H and O–H groups in total. The molecule has 0 saturated carbocycles. The molecule has 2 aliphatic rings. The third-order valence-electron chi connectivity index (χ3n) is 5.09. The van der Waals surface area contributed by atoms with Crippen molar-refractivity contribution in [3.05, 3.63) is 18.0 Å². The lowest BCUT2D eigenvalue weighted by molar-refractivity contribution is -0.141. The van der Waals surface area contributed by atoms with Gasteiger partial charge in [-0.05, 0) is 32.7 Å². The Morgan fingerprint density at radius 3 is 2.48 bits per heavy atom. The summed E-state index contributed by atoms with van der Waals surface area (Å²) in [5.41, 5.74) is 0.859. The van der Waals surface area contributed by atoms with Crippen molar-refractivity contribution < 1.29 is 9.59 Å². The lowest BCUT2D eigenvalue weighted by Gasteiger charge is -2.35. The van der Waals surface area contributed by atoms with Gasteiger partial charge in [-0.1, -0.05) is 0 Å². The van der Waals surface area contributed by atoms with E-state index in [1.807, 2.05) is 23.0 Å². The molecule has 0 spiro atoms. The highest BCUT2D eigenvalue weighted by molar-refractivity contribution is 5.85. The Bertz CT molecular complexity index is 600. The SMILES string of the molecule is CNC(C(=O)N1CCCC(C(=O)N2CCCC2)C1)c1cnn(C)c1.Cl. The van der Waals surface area contributed by atoms with Gasteiger partial charge in [-0.3, -0.25) is 14.3 Å². The van der Waals surface area contributed by atoms with E-state index < -0.39 is 6.04 Å². The molecule has 2 unspecified atom stereocenters. The summed E-state index contributed by atoms with van der Waals surface area (Å²) in [5.74, 6) is 0.212. The van der Waals surface area contributed by atoms with Crippen LogP contribution in [0, 0.1) is 5.92 Å². The van der Waals surface area contributed by atoms with Gasteiger partial charge in [0.2, 0.25) is 11.8 Å². The monoisotopic (exact) mass is 369 g/mol. The molecule has 25 heavy (non-hydrogen) atoms. The van der Waals surface area contributed by atoms with Crippen molar-refractivity contribution >= 4 is 24.2 Å². The van der Waals surface area contributed by atoms with Crippen molar-refractivity contribution in [2.45, 2.75) is 31.7 Å². The zero-order valence-corrected chi connectivity index (χ0v) is 15.8. The number of likely N-dealkylation sites (tertiary alicyclic amines) is 2. The van der Waals surface area contributed by atoms with Crippen LogP contribution in [0.25, 0.3) is 0 Å².